The van der Waals surface area contributed by atoms with E-state index in [4.69, 9.17) is 5.73 Å². The summed E-state index contributed by atoms with van der Waals surface area (Å²) >= 11 is 3.60. The molecule has 1 aromatic rings. The van der Waals surface area contributed by atoms with E-state index in [1.807, 2.05) is 0 Å². The zero-order valence-corrected chi connectivity index (χ0v) is 13.8. The molecule has 0 spiro atoms. The van der Waals surface area contributed by atoms with Gasteiger partial charge in [0.2, 0.25) is 0 Å². The summed E-state index contributed by atoms with van der Waals surface area (Å²) in [5.74, 6) is 1.54. The molecule has 0 aromatic heterocycles. The van der Waals surface area contributed by atoms with Crippen molar-refractivity contribution >= 4 is 21.6 Å². The lowest BCUT2D eigenvalue weighted by molar-refractivity contribution is 0.494. The van der Waals surface area contributed by atoms with Crippen LogP contribution in [0, 0.1) is 11.8 Å². The summed E-state index contributed by atoms with van der Waals surface area (Å²) in [7, 11) is 0. The molecule has 3 atom stereocenters. The molecule has 1 aliphatic heterocycles. The van der Waals surface area contributed by atoms with Gasteiger partial charge in [0.1, 0.15) is 0 Å². The van der Waals surface area contributed by atoms with Crippen molar-refractivity contribution in [2.75, 3.05) is 18.0 Å². The minimum absolute atomic E-state index is 0.261. The van der Waals surface area contributed by atoms with Crippen molar-refractivity contribution in [3.05, 3.63) is 28.2 Å². The Hall–Kier alpha value is -0.540. The fourth-order valence-corrected chi connectivity index (χ4v) is 3.11. The van der Waals surface area contributed by atoms with E-state index in [0.717, 1.165) is 42.2 Å². The summed E-state index contributed by atoms with van der Waals surface area (Å²) in [6, 6.07) is 6.87. The first-order valence-electron chi connectivity index (χ1n) is 7.30. The molecular weight excluding hydrogens is 300 g/mol. The molecule has 0 saturated carbocycles. The summed E-state index contributed by atoms with van der Waals surface area (Å²) < 4.78 is 1.16. The van der Waals surface area contributed by atoms with E-state index in [1.54, 1.807) is 0 Å². The highest BCUT2D eigenvalue weighted by atomic mass is 79.9. The Morgan fingerprint density at radius 1 is 1.32 bits per heavy atom. The number of benzene rings is 1. The van der Waals surface area contributed by atoms with Crippen LogP contribution >= 0.6 is 15.9 Å². The van der Waals surface area contributed by atoms with E-state index < -0.39 is 0 Å². The van der Waals surface area contributed by atoms with Gasteiger partial charge in [-0.05, 0) is 42.4 Å². The molecule has 1 saturated heterocycles. The van der Waals surface area contributed by atoms with Crippen LogP contribution in [-0.4, -0.2) is 19.1 Å². The average molecular weight is 325 g/mol. The molecule has 0 amide bonds. The maximum atomic E-state index is 6.13. The van der Waals surface area contributed by atoms with E-state index in [-0.39, 0.29) is 6.04 Å². The molecule has 106 valence electrons. The summed E-state index contributed by atoms with van der Waals surface area (Å²) in [5, 5.41) is 0. The lowest BCUT2D eigenvalue weighted by Crippen LogP contribution is -2.25. The molecule has 2 N–H and O–H groups in total. The van der Waals surface area contributed by atoms with Gasteiger partial charge in [-0.15, -0.1) is 0 Å². The van der Waals surface area contributed by atoms with Crippen molar-refractivity contribution in [1.82, 2.24) is 0 Å². The van der Waals surface area contributed by atoms with Crippen molar-refractivity contribution in [3.63, 3.8) is 0 Å². The maximum Gasteiger partial charge on any atom is 0.0410 e. The van der Waals surface area contributed by atoms with Gasteiger partial charge in [0.15, 0.2) is 0 Å². The predicted octanol–water partition coefficient (Wildman–Crippen LogP) is 3.82. The molecule has 2 rings (SSSR count). The smallest absolute Gasteiger partial charge is 0.0410 e. The third kappa shape index (κ3) is 3.51. The van der Waals surface area contributed by atoms with Crippen molar-refractivity contribution in [2.24, 2.45) is 17.6 Å². The van der Waals surface area contributed by atoms with E-state index in [2.05, 4.69) is 59.8 Å². The number of hydrogen-bond acceptors (Lipinski definition) is 2. The van der Waals surface area contributed by atoms with Crippen molar-refractivity contribution in [3.8, 4) is 0 Å². The van der Waals surface area contributed by atoms with Gasteiger partial charge in [0.25, 0.3) is 0 Å². The number of anilines is 1. The monoisotopic (exact) mass is 324 g/mol. The quantitative estimate of drug-likeness (QED) is 0.912. The molecule has 1 heterocycles. The Labute approximate surface area is 125 Å². The molecular formula is C16H25BrN2. The summed E-state index contributed by atoms with van der Waals surface area (Å²) in [6.07, 6.45) is 2.00. The second-order valence-electron chi connectivity index (χ2n) is 6.01. The molecule has 19 heavy (non-hydrogen) atoms. The van der Waals surface area contributed by atoms with Crippen LogP contribution in [-0.2, 0) is 6.42 Å². The highest BCUT2D eigenvalue weighted by Gasteiger charge is 2.27. The Bertz CT molecular complexity index is 423. The van der Waals surface area contributed by atoms with Gasteiger partial charge in [-0.1, -0.05) is 42.8 Å². The van der Waals surface area contributed by atoms with Gasteiger partial charge >= 0.3 is 0 Å². The first-order valence-corrected chi connectivity index (χ1v) is 8.09. The highest BCUT2D eigenvalue weighted by Crippen LogP contribution is 2.32. The zero-order chi connectivity index (χ0) is 14.0. The number of nitrogens with two attached hydrogens (primary N) is 1. The molecule has 1 aromatic carbocycles. The van der Waals surface area contributed by atoms with Gasteiger partial charge in [0.05, 0.1) is 0 Å². The van der Waals surface area contributed by atoms with Crippen LogP contribution in [0.4, 0.5) is 5.69 Å². The SMILES string of the molecule is CCC(N)Cc1ccc(Br)cc1N1CC(C)C(C)C1. The molecule has 1 aliphatic rings. The normalized spacial score (nSPS) is 24.8. The molecule has 0 aliphatic carbocycles. The van der Waals surface area contributed by atoms with Crippen LogP contribution in [0.5, 0.6) is 0 Å². The molecule has 3 heteroatoms. The zero-order valence-electron chi connectivity index (χ0n) is 12.2. The van der Waals surface area contributed by atoms with Crippen LogP contribution < -0.4 is 10.6 Å². The standard InChI is InChI=1S/C16H25BrN2/c1-4-15(18)7-13-5-6-14(17)8-16(13)19-9-11(2)12(3)10-19/h5-6,8,11-12,15H,4,7,9-10,18H2,1-3H3. The second-order valence-corrected chi connectivity index (χ2v) is 6.92. The number of hydrogen-bond donors (Lipinski definition) is 1. The lowest BCUT2D eigenvalue weighted by Gasteiger charge is -2.23. The Balaban J connectivity index is 2.25. The van der Waals surface area contributed by atoms with Gasteiger partial charge < -0.3 is 10.6 Å². The number of rotatable bonds is 4. The predicted molar refractivity (Wildman–Crippen MR) is 86.7 cm³/mol. The van der Waals surface area contributed by atoms with Gasteiger partial charge in [-0.2, -0.15) is 0 Å². The second kappa shape index (κ2) is 6.27. The van der Waals surface area contributed by atoms with Crippen LogP contribution in [0.1, 0.15) is 32.8 Å². The van der Waals surface area contributed by atoms with E-state index in [1.165, 1.54) is 11.3 Å². The van der Waals surface area contributed by atoms with Crippen molar-refractivity contribution in [2.45, 2.75) is 39.7 Å². The molecule has 1 fully saturated rings. The van der Waals surface area contributed by atoms with Crippen molar-refractivity contribution in [1.29, 1.82) is 0 Å². The molecule has 0 bridgehead atoms. The average Bonchev–Trinajstić information content (AvgIpc) is 2.71. The van der Waals surface area contributed by atoms with E-state index in [0.29, 0.717) is 0 Å². The fraction of sp³-hybridized carbons (Fsp3) is 0.625. The molecule has 0 radical (unpaired) electrons. The Kier molecular flexibility index (Phi) is 4.91. The highest BCUT2D eigenvalue weighted by molar-refractivity contribution is 9.10. The lowest BCUT2D eigenvalue weighted by atomic mass is 10.0. The van der Waals surface area contributed by atoms with Crippen LogP contribution in [0.15, 0.2) is 22.7 Å². The van der Waals surface area contributed by atoms with Gasteiger partial charge in [-0.25, -0.2) is 0 Å². The third-order valence-corrected chi connectivity index (χ3v) is 4.88. The van der Waals surface area contributed by atoms with Gasteiger partial charge in [-0.3, -0.25) is 0 Å². The number of nitrogens with zero attached hydrogens (tertiary/aromatic N) is 1. The minimum Gasteiger partial charge on any atom is -0.371 e. The third-order valence-electron chi connectivity index (χ3n) is 4.38. The summed E-state index contributed by atoms with van der Waals surface area (Å²) in [5.41, 5.74) is 8.89. The topological polar surface area (TPSA) is 29.3 Å². The summed E-state index contributed by atoms with van der Waals surface area (Å²) in [4.78, 5) is 2.53. The first kappa shape index (κ1) is 14.9. The maximum absolute atomic E-state index is 6.13. The van der Waals surface area contributed by atoms with E-state index >= 15 is 0 Å². The first-order chi connectivity index (χ1) is 9.01. The van der Waals surface area contributed by atoms with Crippen LogP contribution in [0.3, 0.4) is 0 Å². The Morgan fingerprint density at radius 2 is 1.95 bits per heavy atom. The largest absolute Gasteiger partial charge is 0.371 e. The van der Waals surface area contributed by atoms with Crippen LogP contribution in [0.25, 0.3) is 0 Å². The van der Waals surface area contributed by atoms with E-state index in [9.17, 15) is 0 Å². The minimum atomic E-state index is 0.261. The van der Waals surface area contributed by atoms with Crippen molar-refractivity contribution < 1.29 is 0 Å². The number of halogens is 1. The fourth-order valence-electron chi connectivity index (χ4n) is 2.76. The summed E-state index contributed by atoms with van der Waals surface area (Å²) in [6.45, 7) is 9.17. The Morgan fingerprint density at radius 3 is 2.53 bits per heavy atom. The molecule has 2 nitrogen and oxygen atoms in total. The molecule has 3 unspecified atom stereocenters. The van der Waals surface area contributed by atoms with Crippen LogP contribution in [0.2, 0.25) is 0 Å². The van der Waals surface area contributed by atoms with Gasteiger partial charge in [0, 0.05) is 29.3 Å².